The Bertz CT molecular complexity index is 875. The molecule has 2 atom stereocenters. The molecule has 4 nitrogen and oxygen atoms in total. The van der Waals surface area contributed by atoms with E-state index in [0.29, 0.717) is 15.8 Å². The first-order chi connectivity index (χ1) is 14.7. The van der Waals surface area contributed by atoms with Crippen molar-refractivity contribution in [2.24, 2.45) is 0 Å². The predicted octanol–water partition coefficient (Wildman–Crippen LogP) is 5.70. The van der Waals surface area contributed by atoms with Crippen molar-refractivity contribution in [3.05, 3.63) is 69.5 Å². The standard InChI is InChI=1S/C23H27Cl2FN2O2S/c1-4-15(2)27-23(30)16(3)28(12-17-8-10-18(26)11-9-17)22(29)14-31-13-19-20(24)6-5-7-21(19)25/h5-11,15-16H,4,12-14H2,1-3H3,(H,27,30)/t15-,16+/m1/s1. The molecule has 2 aromatic carbocycles. The third-order valence-electron chi connectivity index (χ3n) is 4.97. The summed E-state index contributed by atoms with van der Waals surface area (Å²) in [6, 6.07) is 10.5. The number of rotatable bonds is 10. The molecule has 0 radical (unpaired) electrons. The fourth-order valence-electron chi connectivity index (χ4n) is 2.83. The van der Waals surface area contributed by atoms with E-state index in [1.165, 1.54) is 28.8 Å². The molecule has 168 valence electrons. The van der Waals surface area contributed by atoms with E-state index in [1.54, 1.807) is 37.3 Å². The number of amides is 2. The molecule has 0 saturated heterocycles. The number of nitrogens with one attached hydrogen (secondary N) is 1. The summed E-state index contributed by atoms with van der Waals surface area (Å²) in [7, 11) is 0. The predicted molar refractivity (Wildman–Crippen MR) is 127 cm³/mol. The Labute approximate surface area is 197 Å². The Kier molecular flexibility index (Phi) is 10.1. The van der Waals surface area contributed by atoms with E-state index < -0.39 is 6.04 Å². The molecule has 0 unspecified atom stereocenters. The van der Waals surface area contributed by atoms with E-state index in [9.17, 15) is 14.0 Å². The average Bonchev–Trinajstić information content (AvgIpc) is 2.74. The lowest BCUT2D eigenvalue weighted by atomic mass is 10.1. The minimum absolute atomic E-state index is 0.00876. The van der Waals surface area contributed by atoms with Crippen LogP contribution in [0.1, 0.15) is 38.3 Å². The first-order valence-electron chi connectivity index (χ1n) is 10.1. The Morgan fingerprint density at radius 2 is 1.71 bits per heavy atom. The van der Waals surface area contributed by atoms with Crippen molar-refractivity contribution < 1.29 is 14.0 Å². The molecule has 0 saturated carbocycles. The minimum atomic E-state index is -0.670. The monoisotopic (exact) mass is 484 g/mol. The SMILES string of the molecule is CC[C@@H](C)NC(=O)[C@H](C)N(Cc1ccc(F)cc1)C(=O)CSCc1c(Cl)cccc1Cl. The van der Waals surface area contributed by atoms with Crippen LogP contribution < -0.4 is 5.32 Å². The van der Waals surface area contributed by atoms with Crippen LogP contribution in [-0.2, 0) is 21.9 Å². The lowest BCUT2D eigenvalue weighted by molar-refractivity contribution is -0.138. The van der Waals surface area contributed by atoms with Crippen LogP contribution >= 0.6 is 35.0 Å². The molecule has 2 rings (SSSR count). The summed E-state index contributed by atoms with van der Waals surface area (Å²) < 4.78 is 13.3. The normalized spacial score (nSPS) is 12.8. The molecule has 2 amide bonds. The van der Waals surface area contributed by atoms with Gasteiger partial charge in [-0.3, -0.25) is 9.59 Å². The van der Waals surface area contributed by atoms with E-state index in [-0.39, 0.29) is 36.0 Å². The molecule has 1 N–H and O–H groups in total. The second kappa shape index (κ2) is 12.3. The van der Waals surface area contributed by atoms with Gasteiger partial charge in [-0.1, -0.05) is 48.3 Å². The largest absolute Gasteiger partial charge is 0.352 e. The third-order valence-corrected chi connectivity index (χ3v) is 6.62. The van der Waals surface area contributed by atoms with E-state index >= 15 is 0 Å². The first-order valence-corrected chi connectivity index (χ1v) is 12.0. The first kappa shape index (κ1) is 25.5. The Morgan fingerprint density at radius 3 is 2.29 bits per heavy atom. The zero-order chi connectivity index (χ0) is 23.0. The number of benzene rings is 2. The number of nitrogens with zero attached hydrogens (tertiary/aromatic N) is 1. The Balaban J connectivity index is 2.11. The van der Waals surface area contributed by atoms with Crippen LogP contribution in [0.5, 0.6) is 0 Å². The van der Waals surface area contributed by atoms with Crippen molar-refractivity contribution in [3.8, 4) is 0 Å². The van der Waals surface area contributed by atoms with Gasteiger partial charge in [-0.05, 0) is 55.7 Å². The van der Waals surface area contributed by atoms with Gasteiger partial charge in [0, 0.05) is 28.4 Å². The van der Waals surface area contributed by atoms with Crippen molar-refractivity contribution in [2.45, 2.75) is 51.6 Å². The second-order valence-corrected chi connectivity index (χ2v) is 9.13. The lowest BCUT2D eigenvalue weighted by Crippen LogP contribution is -2.50. The third kappa shape index (κ3) is 7.70. The maximum atomic E-state index is 13.3. The van der Waals surface area contributed by atoms with Gasteiger partial charge in [-0.15, -0.1) is 11.8 Å². The van der Waals surface area contributed by atoms with E-state index in [1.807, 2.05) is 13.8 Å². The van der Waals surface area contributed by atoms with E-state index in [4.69, 9.17) is 23.2 Å². The van der Waals surface area contributed by atoms with Crippen molar-refractivity contribution >= 4 is 46.8 Å². The second-order valence-electron chi connectivity index (χ2n) is 7.33. The van der Waals surface area contributed by atoms with Crippen LogP contribution in [0.15, 0.2) is 42.5 Å². The number of carbonyl (C=O) groups is 2. The number of thioether (sulfide) groups is 1. The van der Waals surface area contributed by atoms with Gasteiger partial charge >= 0.3 is 0 Å². The summed E-state index contributed by atoms with van der Waals surface area (Å²) in [6.45, 7) is 5.81. The number of hydrogen-bond acceptors (Lipinski definition) is 3. The summed E-state index contributed by atoms with van der Waals surface area (Å²) in [5.41, 5.74) is 1.52. The summed E-state index contributed by atoms with van der Waals surface area (Å²) >= 11 is 13.8. The zero-order valence-corrected chi connectivity index (χ0v) is 20.2. The minimum Gasteiger partial charge on any atom is -0.352 e. The van der Waals surface area contributed by atoms with Crippen LogP contribution in [0.2, 0.25) is 10.0 Å². The highest BCUT2D eigenvalue weighted by Gasteiger charge is 2.26. The maximum Gasteiger partial charge on any atom is 0.242 e. The fourth-order valence-corrected chi connectivity index (χ4v) is 4.48. The molecule has 8 heteroatoms. The van der Waals surface area contributed by atoms with Gasteiger partial charge < -0.3 is 10.2 Å². The fraction of sp³-hybridized carbons (Fsp3) is 0.391. The molecule has 0 aliphatic heterocycles. The average molecular weight is 485 g/mol. The van der Waals surface area contributed by atoms with Crippen molar-refractivity contribution in [3.63, 3.8) is 0 Å². The molecule has 2 aromatic rings. The summed E-state index contributed by atoms with van der Waals surface area (Å²) in [4.78, 5) is 27.3. The van der Waals surface area contributed by atoms with Crippen LogP contribution in [0, 0.1) is 5.82 Å². The molecule has 0 aliphatic carbocycles. The Hall–Kier alpha value is -1.76. The van der Waals surface area contributed by atoms with Gasteiger partial charge in [-0.25, -0.2) is 4.39 Å². The van der Waals surface area contributed by atoms with Gasteiger partial charge in [0.25, 0.3) is 0 Å². The summed E-state index contributed by atoms with van der Waals surface area (Å²) in [5.74, 6) is -0.129. The smallest absolute Gasteiger partial charge is 0.242 e. The van der Waals surface area contributed by atoms with Crippen LogP contribution in [-0.4, -0.2) is 34.6 Å². The van der Waals surface area contributed by atoms with Crippen LogP contribution in [0.25, 0.3) is 0 Å². The number of carbonyl (C=O) groups excluding carboxylic acids is 2. The van der Waals surface area contributed by atoms with Crippen LogP contribution in [0.4, 0.5) is 4.39 Å². The highest BCUT2D eigenvalue weighted by molar-refractivity contribution is 7.99. The lowest BCUT2D eigenvalue weighted by Gasteiger charge is -2.29. The van der Waals surface area contributed by atoms with Gasteiger partial charge in [0.1, 0.15) is 11.9 Å². The maximum absolute atomic E-state index is 13.3. The molecule has 0 aliphatic rings. The van der Waals surface area contributed by atoms with Crippen molar-refractivity contribution in [1.29, 1.82) is 0 Å². The molecular formula is C23H27Cl2FN2O2S. The van der Waals surface area contributed by atoms with Gasteiger partial charge in [-0.2, -0.15) is 0 Å². The molecule has 0 aromatic heterocycles. The molecular weight excluding hydrogens is 458 g/mol. The molecule has 0 heterocycles. The zero-order valence-electron chi connectivity index (χ0n) is 17.8. The highest BCUT2D eigenvalue weighted by atomic mass is 35.5. The highest BCUT2D eigenvalue weighted by Crippen LogP contribution is 2.28. The van der Waals surface area contributed by atoms with E-state index in [0.717, 1.165) is 17.5 Å². The Morgan fingerprint density at radius 1 is 1.10 bits per heavy atom. The summed E-state index contributed by atoms with van der Waals surface area (Å²) in [5, 5.41) is 4.03. The van der Waals surface area contributed by atoms with Gasteiger partial charge in [0.05, 0.1) is 5.75 Å². The molecule has 31 heavy (non-hydrogen) atoms. The quantitative estimate of drug-likeness (QED) is 0.470. The van der Waals surface area contributed by atoms with Crippen molar-refractivity contribution in [1.82, 2.24) is 10.2 Å². The number of halogens is 3. The molecule has 0 fully saturated rings. The van der Waals surface area contributed by atoms with Gasteiger partial charge in [0.15, 0.2) is 0 Å². The molecule has 0 bridgehead atoms. The van der Waals surface area contributed by atoms with Gasteiger partial charge in [0.2, 0.25) is 11.8 Å². The topological polar surface area (TPSA) is 49.4 Å². The summed E-state index contributed by atoms with van der Waals surface area (Å²) in [6.07, 6.45) is 0.790. The van der Waals surface area contributed by atoms with Crippen molar-refractivity contribution in [2.75, 3.05) is 5.75 Å². The van der Waals surface area contributed by atoms with Crippen LogP contribution in [0.3, 0.4) is 0 Å². The number of hydrogen-bond donors (Lipinski definition) is 1. The van der Waals surface area contributed by atoms with E-state index in [2.05, 4.69) is 5.32 Å². The molecule has 0 spiro atoms.